The lowest BCUT2D eigenvalue weighted by Crippen LogP contribution is -2.39. The van der Waals surface area contributed by atoms with Crippen LogP contribution in [0.25, 0.3) is 0 Å². The first-order valence-electron chi connectivity index (χ1n) is 7.75. The maximum absolute atomic E-state index is 3.67. The first kappa shape index (κ1) is 14.3. The molecule has 0 bridgehead atoms. The summed E-state index contributed by atoms with van der Waals surface area (Å²) in [6, 6.07) is 0.738. The van der Waals surface area contributed by atoms with Crippen molar-refractivity contribution in [1.82, 2.24) is 15.1 Å². The first-order valence-corrected chi connectivity index (χ1v) is 7.75. The first-order chi connectivity index (χ1) is 8.65. The Labute approximate surface area is 113 Å². The second-order valence-electron chi connectivity index (χ2n) is 6.59. The minimum Gasteiger partial charge on any atom is -0.313 e. The number of nitrogens with one attached hydrogen (secondary N) is 1. The molecule has 1 saturated heterocycles. The van der Waals surface area contributed by atoms with Gasteiger partial charge in [-0.15, -0.1) is 0 Å². The molecule has 1 saturated carbocycles. The van der Waals surface area contributed by atoms with Crippen molar-refractivity contribution in [3.8, 4) is 0 Å². The summed E-state index contributed by atoms with van der Waals surface area (Å²) in [5.41, 5.74) is 0. The van der Waals surface area contributed by atoms with E-state index in [1.807, 2.05) is 0 Å². The van der Waals surface area contributed by atoms with Crippen LogP contribution in [0.5, 0.6) is 0 Å². The number of hydrogen-bond donors (Lipinski definition) is 1. The molecule has 1 N–H and O–H groups in total. The summed E-state index contributed by atoms with van der Waals surface area (Å²) >= 11 is 0. The van der Waals surface area contributed by atoms with Gasteiger partial charge in [0, 0.05) is 25.7 Å². The van der Waals surface area contributed by atoms with E-state index in [0.717, 1.165) is 24.4 Å². The van der Waals surface area contributed by atoms with Crippen LogP contribution in [-0.2, 0) is 0 Å². The van der Waals surface area contributed by atoms with Gasteiger partial charge in [0.15, 0.2) is 0 Å². The van der Waals surface area contributed by atoms with Crippen molar-refractivity contribution >= 4 is 0 Å². The summed E-state index contributed by atoms with van der Waals surface area (Å²) in [6.07, 6.45) is 5.65. The monoisotopic (exact) mass is 253 g/mol. The molecule has 2 rings (SSSR count). The minimum atomic E-state index is 0.738. The van der Waals surface area contributed by atoms with Gasteiger partial charge in [-0.1, -0.05) is 0 Å². The average Bonchev–Trinajstić information content (AvgIpc) is 3.16. The predicted molar refractivity (Wildman–Crippen MR) is 77.9 cm³/mol. The molecule has 0 amide bonds. The van der Waals surface area contributed by atoms with E-state index in [2.05, 4.69) is 36.1 Å². The molecule has 18 heavy (non-hydrogen) atoms. The predicted octanol–water partition coefficient (Wildman–Crippen LogP) is 1.65. The third kappa shape index (κ3) is 4.87. The lowest BCUT2D eigenvalue weighted by atomic mass is 9.97. The molecule has 1 heterocycles. The van der Waals surface area contributed by atoms with E-state index in [4.69, 9.17) is 0 Å². The lowest BCUT2D eigenvalue weighted by molar-refractivity contribution is 0.176. The quantitative estimate of drug-likeness (QED) is 0.744. The molecular weight excluding hydrogens is 222 g/mol. The number of likely N-dealkylation sites (tertiary alicyclic amines) is 1. The zero-order chi connectivity index (χ0) is 13.0. The average molecular weight is 253 g/mol. The fourth-order valence-electron chi connectivity index (χ4n) is 3.02. The summed E-state index contributed by atoms with van der Waals surface area (Å²) in [7, 11) is 4.52. The smallest absolute Gasteiger partial charge is 0.0104 e. The van der Waals surface area contributed by atoms with Gasteiger partial charge in [0.05, 0.1) is 0 Å². The fraction of sp³-hybridized carbons (Fsp3) is 1.00. The van der Waals surface area contributed by atoms with Crippen molar-refractivity contribution in [2.75, 3.05) is 46.8 Å². The van der Waals surface area contributed by atoms with Crippen molar-refractivity contribution in [2.45, 2.75) is 38.6 Å². The molecule has 2 fully saturated rings. The normalized spacial score (nSPS) is 24.7. The highest BCUT2D eigenvalue weighted by Gasteiger charge is 2.27. The Morgan fingerprint density at radius 3 is 2.50 bits per heavy atom. The van der Waals surface area contributed by atoms with Crippen LogP contribution in [0.4, 0.5) is 0 Å². The third-order valence-electron chi connectivity index (χ3n) is 4.70. The van der Waals surface area contributed by atoms with Crippen molar-refractivity contribution < 1.29 is 0 Å². The van der Waals surface area contributed by atoms with Crippen LogP contribution in [0.15, 0.2) is 0 Å². The van der Waals surface area contributed by atoms with Crippen LogP contribution in [0.3, 0.4) is 0 Å². The van der Waals surface area contributed by atoms with Crippen molar-refractivity contribution in [3.05, 3.63) is 0 Å². The summed E-state index contributed by atoms with van der Waals surface area (Å²) < 4.78 is 0. The van der Waals surface area contributed by atoms with Crippen LogP contribution in [0, 0.1) is 11.8 Å². The van der Waals surface area contributed by atoms with Crippen LogP contribution in [-0.4, -0.2) is 62.7 Å². The third-order valence-corrected chi connectivity index (χ3v) is 4.70. The molecule has 0 aromatic carbocycles. The number of nitrogens with zero attached hydrogens (tertiary/aromatic N) is 2. The van der Waals surface area contributed by atoms with Crippen molar-refractivity contribution in [2.24, 2.45) is 11.8 Å². The Morgan fingerprint density at radius 2 is 1.89 bits per heavy atom. The topological polar surface area (TPSA) is 18.5 Å². The van der Waals surface area contributed by atoms with E-state index in [9.17, 15) is 0 Å². The molecule has 1 atom stereocenters. The fourth-order valence-corrected chi connectivity index (χ4v) is 3.02. The van der Waals surface area contributed by atoms with Crippen LogP contribution >= 0.6 is 0 Å². The Balaban J connectivity index is 1.52. The van der Waals surface area contributed by atoms with E-state index in [1.165, 1.54) is 51.9 Å². The summed E-state index contributed by atoms with van der Waals surface area (Å²) in [6.45, 7) is 8.55. The van der Waals surface area contributed by atoms with E-state index in [-0.39, 0.29) is 0 Å². The van der Waals surface area contributed by atoms with Crippen LogP contribution < -0.4 is 5.32 Å². The van der Waals surface area contributed by atoms with E-state index in [0.29, 0.717) is 0 Å². The summed E-state index contributed by atoms with van der Waals surface area (Å²) in [5, 5.41) is 3.67. The molecule has 3 nitrogen and oxygen atoms in total. The van der Waals surface area contributed by atoms with Gasteiger partial charge in [0.2, 0.25) is 0 Å². The molecule has 106 valence electrons. The maximum atomic E-state index is 3.67. The van der Waals surface area contributed by atoms with Gasteiger partial charge in [-0.2, -0.15) is 0 Å². The van der Waals surface area contributed by atoms with Crippen molar-refractivity contribution in [3.63, 3.8) is 0 Å². The van der Waals surface area contributed by atoms with Crippen molar-refractivity contribution in [1.29, 1.82) is 0 Å². The van der Waals surface area contributed by atoms with Gasteiger partial charge in [-0.05, 0) is 71.6 Å². The van der Waals surface area contributed by atoms with Crippen LogP contribution in [0.2, 0.25) is 0 Å². The number of hydrogen-bond acceptors (Lipinski definition) is 3. The Kier molecular flexibility index (Phi) is 5.46. The maximum Gasteiger partial charge on any atom is 0.0104 e. The zero-order valence-electron chi connectivity index (χ0n) is 12.5. The molecule has 0 aromatic heterocycles. The number of piperidine rings is 1. The summed E-state index contributed by atoms with van der Waals surface area (Å²) in [5.74, 6) is 1.90. The Bertz CT molecular complexity index is 232. The van der Waals surface area contributed by atoms with E-state index >= 15 is 0 Å². The number of rotatable bonds is 7. The van der Waals surface area contributed by atoms with Gasteiger partial charge in [0.25, 0.3) is 0 Å². The SMILES string of the molecule is CC(NCCN(C)CC1CCN(C)CC1)C1CC1. The largest absolute Gasteiger partial charge is 0.313 e. The molecule has 0 spiro atoms. The second-order valence-corrected chi connectivity index (χ2v) is 6.59. The molecule has 0 aromatic rings. The second kappa shape index (κ2) is 6.88. The summed E-state index contributed by atoms with van der Waals surface area (Å²) in [4.78, 5) is 4.97. The van der Waals surface area contributed by atoms with Crippen LogP contribution in [0.1, 0.15) is 32.6 Å². The zero-order valence-corrected chi connectivity index (χ0v) is 12.5. The standard InChI is InChI=1S/C15H31N3/c1-13(15-4-5-15)16-8-11-18(3)12-14-6-9-17(2)10-7-14/h13-16H,4-12H2,1-3H3. The molecule has 1 aliphatic carbocycles. The van der Waals surface area contributed by atoms with E-state index < -0.39 is 0 Å². The molecule has 1 aliphatic heterocycles. The minimum absolute atomic E-state index is 0.738. The molecule has 3 heteroatoms. The Morgan fingerprint density at radius 1 is 1.22 bits per heavy atom. The molecule has 0 radical (unpaired) electrons. The van der Waals surface area contributed by atoms with Gasteiger partial charge in [0.1, 0.15) is 0 Å². The number of likely N-dealkylation sites (N-methyl/N-ethyl adjacent to an activating group) is 1. The lowest BCUT2D eigenvalue weighted by Gasteiger charge is -2.31. The molecule has 2 aliphatic rings. The van der Waals surface area contributed by atoms with Gasteiger partial charge >= 0.3 is 0 Å². The van der Waals surface area contributed by atoms with E-state index in [1.54, 1.807) is 0 Å². The highest BCUT2D eigenvalue weighted by atomic mass is 15.1. The van der Waals surface area contributed by atoms with Gasteiger partial charge in [-0.3, -0.25) is 0 Å². The van der Waals surface area contributed by atoms with Gasteiger partial charge < -0.3 is 15.1 Å². The molecular formula is C15H31N3. The highest BCUT2D eigenvalue weighted by molar-refractivity contribution is 4.83. The molecule has 1 unspecified atom stereocenters. The Hall–Kier alpha value is -0.120. The van der Waals surface area contributed by atoms with Gasteiger partial charge in [-0.25, -0.2) is 0 Å². The highest BCUT2D eigenvalue weighted by Crippen LogP contribution is 2.32.